The molecule has 0 saturated carbocycles. The van der Waals surface area contributed by atoms with Crippen LogP contribution in [0.15, 0.2) is 55.8 Å². The molecule has 0 bridgehead atoms. The fourth-order valence-electron chi connectivity index (χ4n) is 3.95. The molecule has 180 valence electrons. The van der Waals surface area contributed by atoms with Gasteiger partial charge in [0, 0.05) is 46.1 Å². The molecule has 2 heterocycles. The van der Waals surface area contributed by atoms with Gasteiger partial charge < -0.3 is 0 Å². The molecule has 0 atom stereocenters. The lowest BCUT2D eigenvalue weighted by Crippen LogP contribution is -2.12. The van der Waals surface area contributed by atoms with Crippen LogP contribution in [0, 0.1) is 27.7 Å². The lowest BCUT2D eigenvalue weighted by atomic mass is 10.1. The Bertz CT molecular complexity index is 1330. The van der Waals surface area contributed by atoms with E-state index in [0.29, 0.717) is 0 Å². The van der Waals surface area contributed by atoms with E-state index in [4.69, 9.17) is 0 Å². The molecular weight excluding hydrogens is 464 g/mol. The van der Waals surface area contributed by atoms with Crippen molar-refractivity contribution in [2.24, 2.45) is 14.1 Å². The van der Waals surface area contributed by atoms with Crippen molar-refractivity contribution in [3.63, 3.8) is 0 Å². The van der Waals surface area contributed by atoms with Gasteiger partial charge in [-0.25, -0.2) is 0 Å². The van der Waals surface area contributed by atoms with Crippen molar-refractivity contribution >= 4 is 23.5 Å². The smallest absolute Gasteiger partial charge is 0.269 e. The predicted octanol–water partition coefficient (Wildman–Crippen LogP) is 5.44. The van der Waals surface area contributed by atoms with E-state index < -0.39 is 0 Å². The predicted molar refractivity (Wildman–Crippen MR) is 145 cm³/mol. The van der Waals surface area contributed by atoms with Crippen LogP contribution in [0.5, 0.6) is 0 Å². The number of aromatic nitrogens is 4. The summed E-state index contributed by atoms with van der Waals surface area (Å²) in [4.78, 5) is 25.9. The van der Waals surface area contributed by atoms with Gasteiger partial charge in [-0.1, -0.05) is 12.1 Å². The third-order valence-corrected chi connectivity index (χ3v) is 7.72. The van der Waals surface area contributed by atoms with Crippen LogP contribution in [0.2, 0.25) is 0 Å². The average molecular weight is 497 g/mol. The number of aryl methyl sites for hydroxylation is 4. The van der Waals surface area contributed by atoms with Gasteiger partial charge in [0.05, 0.1) is 11.4 Å². The summed E-state index contributed by atoms with van der Waals surface area (Å²) in [5, 5.41) is 6.18. The summed E-state index contributed by atoms with van der Waals surface area (Å²) < 4.78 is 3.03. The van der Waals surface area contributed by atoms with Crippen molar-refractivity contribution in [2.75, 3.05) is 12.5 Å². The van der Waals surface area contributed by atoms with Crippen LogP contribution in [-0.2, 0) is 14.1 Å². The lowest BCUT2D eigenvalue weighted by molar-refractivity contribution is 0.741. The maximum atomic E-state index is 11.7. The van der Waals surface area contributed by atoms with E-state index in [0.717, 1.165) is 33.6 Å². The molecule has 2 aromatic carbocycles. The fourth-order valence-corrected chi connectivity index (χ4v) is 5.12. The molecule has 4 rings (SSSR count). The second-order valence-electron chi connectivity index (χ2n) is 8.32. The Kier molecular flexibility index (Phi) is 8.05. The van der Waals surface area contributed by atoms with Crippen molar-refractivity contribution < 1.29 is 0 Å². The van der Waals surface area contributed by atoms with E-state index >= 15 is 0 Å². The minimum absolute atomic E-state index is 0.0339. The fraction of sp³-hybridized carbons (Fsp3) is 0.308. The normalized spacial score (nSPS) is 10.8. The van der Waals surface area contributed by atoms with Crippen LogP contribution >= 0.6 is 23.5 Å². The molecule has 2 N–H and O–H groups in total. The highest BCUT2D eigenvalue weighted by Crippen LogP contribution is 2.27. The number of hydrogen-bond acceptors (Lipinski definition) is 4. The number of benzene rings is 2. The summed E-state index contributed by atoms with van der Waals surface area (Å²) in [6.45, 7) is 7.88. The molecular formula is C26H32N4O2S2. The summed E-state index contributed by atoms with van der Waals surface area (Å²) >= 11 is 3.47. The molecule has 0 amide bonds. The summed E-state index contributed by atoms with van der Waals surface area (Å²) in [6.07, 6.45) is 4.13. The van der Waals surface area contributed by atoms with Crippen molar-refractivity contribution in [1.82, 2.24) is 19.6 Å². The monoisotopic (exact) mass is 496 g/mol. The lowest BCUT2D eigenvalue weighted by Gasteiger charge is -2.05. The van der Waals surface area contributed by atoms with E-state index in [1.807, 2.05) is 13.8 Å². The highest BCUT2D eigenvalue weighted by atomic mass is 32.2. The molecule has 0 saturated heterocycles. The number of aromatic amines is 2. The Morgan fingerprint density at radius 1 is 0.647 bits per heavy atom. The van der Waals surface area contributed by atoms with Crippen LogP contribution < -0.4 is 11.1 Å². The summed E-state index contributed by atoms with van der Waals surface area (Å²) in [6, 6.07) is 12.5. The molecule has 0 radical (unpaired) electrons. The van der Waals surface area contributed by atoms with Gasteiger partial charge in [0.25, 0.3) is 11.1 Å². The number of thioether (sulfide) groups is 2. The summed E-state index contributed by atoms with van der Waals surface area (Å²) in [7, 11) is 3.48. The Morgan fingerprint density at radius 3 is 1.24 bits per heavy atom. The second-order valence-corrected chi connectivity index (χ2v) is 10.0. The zero-order valence-corrected chi connectivity index (χ0v) is 22.6. The van der Waals surface area contributed by atoms with Crippen LogP contribution in [0.4, 0.5) is 0 Å². The van der Waals surface area contributed by atoms with Crippen molar-refractivity contribution in [3.05, 3.63) is 79.4 Å². The first-order chi connectivity index (χ1) is 16.1. The first-order valence-corrected chi connectivity index (χ1v) is 13.3. The van der Waals surface area contributed by atoms with E-state index in [2.05, 4.69) is 73.0 Å². The third kappa shape index (κ3) is 5.13. The minimum Gasteiger partial charge on any atom is -0.295 e. The number of H-pyrrole nitrogens is 2. The second kappa shape index (κ2) is 10.6. The standard InChI is InChI=1S/2C13H16N2OS/c2*1-8-7-10(5-6-11(8)17-4)12-9(2)13(16)15(3)14-12/h2*5-7,14H,1-4H3. The van der Waals surface area contributed by atoms with E-state index in [1.165, 1.54) is 30.3 Å². The number of hydrogen-bond donors (Lipinski definition) is 2. The SMILES string of the molecule is CSc1ccc(-c2[nH]n(C)c(=O)c2C)cc1C.CSc1ccc(-c2[nH]n(C)c(=O)c2C)cc1C. The van der Waals surface area contributed by atoms with Gasteiger partial charge >= 0.3 is 0 Å². The number of nitrogens with zero attached hydrogens (tertiary/aromatic N) is 2. The van der Waals surface area contributed by atoms with Crippen molar-refractivity contribution in [1.29, 1.82) is 0 Å². The largest absolute Gasteiger partial charge is 0.295 e. The van der Waals surface area contributed by atoms with Crippen LogP contribution in [-0.4, -0.2) is 32.1 Å². The molecule has 2 aromatic heterocycles. The third-order valence-electron chi connectivity index (χ3n) is 5.93. The number of rotatable bonds is 4. The highest BCUT2D eigenvalue weighted by Gasteiger charge is 2.11. The first kappa shape index (κ1) is 25.8. The molecule has 0 aliphatic heterocycles. The minimum atomic E-state index is 0.0339. The zero-order chi connectivity index (χ0) is 25.2. The Balaban J connectivity index is 0.000000191. The van der Waals surface area contributed by atoms with E-state index in [-0.39, 0.29) is 11.1 Å². The first-order valence-electron chi connectivity index (χ1n) is 10.9. The Hall–Kier alpha value is -2.84. The van der Waals surface area contributed by atoms with Gasteiger partial charge in [0.1, 0.15) is 0 Å². The number of nitrogens with one attached hydrogen (secondary N) is 2. The molecule has 6 nitrogen and oxygen atoms in total. The molecule has 0 unspecified atom stereocenters. The Morgan fingerprint density at radius 2 is 1.00 bits per heavy atom. The van der Waals surface area contributed by atoms with Crippen LogP contribution in [0.25, 0.3) is 22.5 Å². The quantitative estimate of drug-likeness (QED) is 0.369. The van der Waals surface area contributed by atoms with Crippen molar-refractivity contribution in [3.8, 4) is 22.5 Å². The molecule has 0 fully saturated rings. The van der Waals surface area contributed by atoms with Gasteiger partial charge in [0.15, 0.2) is 0 Å². The molecule has 8 heteroatoms. The molecule has 0 aliphatic carbocycles. The van der Waals surface area contributed by atoms with Gasteiger partial charge in [-0.15, -0.1) is 23.5 Å². The molecule has 0 spiro atoms. The maximum absolute atomic E-state index is 11.7. The topological polar surface area (TPSA) is 75.6 Å². The highest BCUT2D eigenvalue weighted by molar-refractivity contribution is 7.98. The van der Waals surface area contributed by atoms with Gasteiger partial charge in [0.2, 0.25) is 0 Å². The molecule has 34 heavy (non-hydrogen) atoms. The maximum Gasteiger partial charge on any atom is 0.269 e. The van der Waals surface area contributed by atoms with Gasteiger partial charge in [-0.2, -0.15) is 0 Å². The molecule has 4 aromatic rings. The van der Waals surface area contributed by atoms with Gasteiger partial charge in [-0.05, 0) is 75.6 Å². The van der Waals surface area contributed by atoms with E-state index in [1.54, 1.807) is 37.6 Å². The van der Waals surface area contributed by atoms with Crippen LogP contribution in [0.1, 0.15) is 22.3 Å². The summed E-state index contributed by atoms with van der Waals surface area (Å²) in [5.41, 5.74) is 8.02. The molecule has 0 aliphatic rings. The van der Waals surface area contributed by atoms with Crippen LogP contribution in [0.3, 0.4) is 0 Å². The average Bonchev–Trinajstić information content (AvgIpc) is 3.23. The van der Waals surface area contributed by atoms with Gasteiger partial charge in [-0.3, -0.25) is 29.2 Å². The summed E-state index contributed by atoms with van der Waals surface area (Å²) in [5.74, 6) is 0. The van der Waals surface area contributed by atoms with Crippen molar-refractivity contribution in [2.45, 2.75) is 37.5 Å². The Labute approximate surface area is 208 Å². The van der Waals surface area contributed by atoms with E-state index in [9.17, 15) is 9.59 Å². The zero-order valence-electron chi connectivity index (χ0n) is 21.0.